The second kappa shape index (κ2) is 14.4. The Labute approximate surface area is 346 Å². The van der Waals surface area contributed by atoms with Crippen molar-refractivity contribution in [1.29, 1.82) is 0 Å². The third kappa shape index (κ3) is 5.76. The summed E-state index contributed by atoms with van der Waals surface area (Å²) in [5, 5.41) is 5.02. The van der Waals surface area contributed by atoms with Gasteiger partial charge in [-0.2, -0.15) is 0 Å². The molecule has 0 aliphatic heterocycles. The van der Waals surface area contributed by atoms with E-state index in [0.717, 1.165) is 0 Å². The molecule has 0 atom stereocenters. The van der Waals surface area contributed by atoms with E-state index >= 15 is 0 Å². The van der Waals surface area contributed by atoms with Gasteiger partial charge in [0.15, 0.2) is 0 Å². The van der Waals surface area contributed by atoms with Gasteiger partial charge in [-0.1, -0.05) is 243 Å². The maximum Gasteiger partial charge on any atom is 0.0713 e. The Hall–Kier alpha value is -7.54. The molecule has 0 amide bonds. The van der Waals surface area contributed by atoms with Crippen LogP contribution >= 0.6 is 0 Å². The van der Waals surface area contributed by atoms with Crippen molar-refractivity contribution in [2.24, 2.45) is 0 Å². The predicted octanol–water partition coefficient (Wildman–Crippen LogP) is 15.5. The van der Waals surface area contributed by atoms with Crippen LogP contribution in [0.25, 0.3) is 78.2 Å². The lowest BCUT2D eigenvalue weighted by molar-refractivity contribution is 0.768. The van der Waals surface area contributed by atoms with E-state index in [4.69, 9.17) is 0 Å². The molecule has 0 heterocycles. The first kappa shape index (κ1) is 34.7. The van der Waals surface area contributed by atoms with Gasteiger partial charge in [0.1, 0.15) is 0 Å². The third-order valence-electron chi connectivity index (χ3n) is 12.4. The van der Waals surface area contributed by atoms with Crippen molar-refractivity contribution in [3.8, 4) is 44.5 Å². The van der Waals surface area contributed by atoms with E-state index in [-0.39, 0.29) is 0 Å². The summed E-state index contributed by atoms with van der Waals surface area (Å²) in [7, 11) is 0. The summed E-state index contributed by atoms with van der Waals surface area (Å²) in [5.41, 5.74) is 17.2. The Bertz CT molecular complexity index is 3050. The molecule has 10 aromatic rings. The molecule has 0 fully saturated rings. The summed E-state index contributed by atoms with van der Waals surface area (Å²) in [6.07, 6.45) is 4.40. The van der Waals surface area contributed by atoms with Crippen LogP contribution in [0.15, 0.2) is 231 Å². The summed E-state index contributed by atoms with van der Waals surface area (Å²) in [4.78, 5) is 0. The van der Waals surface area contributed by atoms with Crippen molar-refractivity contribution in [3.63, 3.8) is 0 Å². The van der Waals surface area contributed by atoms with Gasteiger partial charge in [0.25, 0.3) is 0 Å². The molecule has 1 aliphatic carbocycles. The molecule has 0 N–H and O–H groups in total. The number of rotatable bonds is 7. The maximum absolute atomic E-state index is 2.38. The molecule has 11 rings (SSSR count). The molecule has 0 bridgehead atoms. The molecule has 0 heteroatoms. The maximum atomic E-state index is 2.38. The second-order valence-electron chi connectivity index (χ2n) is 15.6. The lowest BCUT2D eigenvalue weighted by Crippen LogP contribution is -2.28. The van der Waals surface area contributed by atoms with Crippen LogP contribution in [0.1, 0.15) is 33.4 Å². The first-order chi connectivity index (χ1) is 29.3. The molecular weight excluding hydrogens is 709 g/mol. The quantitative estimate of drug-likeness (QED) is 0.112. The van der Waals surface area contributed by atoms with Crippen molar-refractivity contribution in [3.05, 3.63) is 264 Å². The van der Waals surface area contributed by atoms with Gasteiger partial charge in [-0.3, -0.25) is 0 Å². The molecule has 0 spiro atoms. The highest BCUT2D eigenvalue weighted by Gasteiger charge is 2.45. The van der Waals surface area contributed by atoms with E-state index in [1.165, 1.54) is 99.4 Å². The monoisotopic (exact) mass is 748 g/mol. The highest BCUT2D eigenvalue weighted by molar-refractivity contribution is 6.21. The number of hydrogen-bond donors (Lipinski definition) is 0. The van der Waals surface area contributed by atoms with Crippen LogP contribution < -0.4 is 0 Å². The van der Waals surface area contributed by atoms with Gasteiger partial charge in [-0.25, -0.2) is 0 Å². The van der Waals surface area contributed by atoms with Crippen molar-refractivity contribution >= 4 is 33.7 Å². The van der Waals surface area contributed by atoms with Gasteiger partial charge >= 0.3 is 0 Å². The summed E-state index contributed by atoms with van der Waals surface area (Å²) in [5.74, 6) is 0. The third-order valence-corrected chi connectivity index (χ3v) is 12.4. The molecule has 0 nitrogen and oxygen atoms in total. The van der Waals surface area contributed by atoms with Crippen molar-refractivity contribution in [1.82, 2.24) is 0 Å². The molecule has 276 valence electrons. The average molecular weight is 749 g/mol. The molecule has 0 unspecified atom stereocenters. The van der Waals surface area contributed by atoms with E-state index in [2.05, 4.69) is 243 Å². The number of fused-ring (bicyclic) bond motifs is 5. The minimum absolute atomic E-state index is 0.421. The van der Waals surface area contributed by atoms with Gasteiger partial charge in [0.2, 0.25) is 0 Å². The minimum Gasteiger partial charge on any atom is -0.0622 e. The Morgan fingerprint density at radius 1 is 0.254 bits per heavy atom. The highest BCUT2D eigenvalue weighted by Crippen LogP contribution is 2.56. The fourth-order valence-electron chi connectivity index (χ4n) is 9.72. The number of benzene rings is 10. The van der Waals surface area contributed by atoms with Crippen LogP contribution in [0, 0.1) is 0 Å². The van der Waals surface area contributed by atoms with E-state index < -0.39 is 5.41 Å². The Kier molecular flexibility index (Phi) is 8.49. The normalized spacial score (nSPS) is 12.8. The Balaban J connectivity index is 0.991. The van der Waals surface area contributed by atoms with Gasteiger partial charge in [0.05, 0.1) is 5.41 Å². The predicted molar refractivity (Wildman–Crippen MR) is 250 cm³/mol. The molecular formula is C59H40. The minimum atomic E-state index is -0.421. The molecule has 0 aromatic heterocycles. The summed E-state index contributed by atoms with van der Waals surface area (Å²) >= 11 is 0. The summed E-state index contributed by atoms with van der Waals surface area (Å²) in [6.45, 7) is 0. The topological polar surface area (TPSA) is 0 Å². The van der Waals surface area contributed by atoms with Crippen LogP contribution in [-0.2, 0) is 5.41 Å². The molecule has 0 saturated carbocycles. The lowest BCUT2D eigenvalue weighted by atomic mass is 9.67. The van der Waals surface area contributed by atoms with Crippen molar-refractivity contribution in [2.75, 3.05) is 0 Å². The van der Waals surface area contributed by atoms with Crippen LogP contribution in [0.4, 0.5) is 0 Å². The smallest absolute Gasteiger partial charge is 0.0622 e. The Morgan fingerprint density at radius 2 is 0.593 bits per heavy atom. The SMILES string of the molecule is C(=Cc1ccc(-c2c3ccccc3c(-c3ccc(C4(c5ccccc5)c5ccccc5-c5ccccc54)cc3)c3ccccc23)cc1)c1ccc(-c2ccccc2)cc1. The molecule has 59 heavy (non-hydrogen) atoms. The van der Waals surface area contributed by atoms with Crippen LogP contribution in [-0.4, -0.2) is 0 Å². The standard InChI is InChI=1S/C59H40/c1-3-15-43(16-4-1)44-33-29-41(30-34-44)27-28-42-31-35-45(36-32-42)57-51-21-7-9-23-53(51)58(54-24-10-8-22-52(54)57)46-37-39-48(40-38-46)59(47-17-5-2-6-18-47)55-25-13-11-19-49(55)50-20-12-14-26-56(50)59/h1-40H. The molecule has 1 aliphatic rings. The fourth-order valence-corrected chi connectivity index (χ4v) is 9.72. The van der Waals surface area contributed by atoms with Gasteiger partial charge in [-0.15, -0.1) is 0 Å². The van der Waals surface area contributed by atoms with E-state index in [0.29, 0.717) is 0 Å². The van der Waals surface area contributed by atoms with E-state index in [9.17, 15) is 0 Å². The second-order valence-corrected chi connectivity index (χ2v) is 15.6. The van der Waals surface area contributed by atoms with Gasteiger partial charge in [-0.05, 0) is 99.4 Å². The molecule has 0 saturated heterocycles. The fraction of sp³-hybridized carbons (Fsp3) is 0.0169. The number of hydrogen-bond acceptors (Lipinski definition) is 0. The first-order valence-corrected chi connectivity index (χ1v) is 20.5. The van der Waals surface area contributed by atoms with Crippen LogP contribution in [0.2, 0.25) is 0 Å². The van der Waals surface area contributed by atoms with E-state index in [1.54, 1.807) is 0 Å². The molecule has 10 aromatic carbocycles. The summed E-state index contributed by atoms with van der Waals surface area (Å²) < 4.78 is 0. The largest absolute Gasteiger partial charge is 0.0713 e. The first-order valence-electron chi connectivity index (χ1n) is 20.5. The lowest BCUT2D eigenvalue weighted by Gasteiger charge is -2.34. The van der Waals surface area contributed by atoms with Gasteiger partial charge < -0.3 is 0 Å². The van der Waals surface area contributed by atoms with Crippen molar-refractivity contribution < 1.29 is 0 Å². The van der Waals surface area contributed by atoms with Crippen molar-refractivity contribution in [2.45, 2.75) is 5.41 Å². The Morgan fingerprint density at radius 3 is 1.07 bits per heavy atom. The zero-order valence-corrected chi connectivity index (χ0v) is 32.6. The zero-order chi connectivity index (χ0) is 39.2. The van der Waals surface area contributed by atoms with Gasteiger partial charge in [0, 0.05) is 0 Å². The van der Waals surface area contributed by atoms with E-state index in [1.807, 2.05) is 0 Å². The molecule has 0 radical (unpaired) electrons. The summed E-state index contributed by atoms with van der Waals surface area (Å²) in [6, 6.07) is 84.6. The average Bonchev–Trinajstić information content (AvgIpc) is 3.62. The van der Waals surface area contributed by atoms with Crippen LogP contribution in [0.3, 0.4) is 0 Å². The highest BCUT2D eigenvalue weighted by atomic mass is 14.5. The van der Waals surface area contributed by atoms with Crippen LogP contribution in [0.5, 0.6) is 0 Å². The zero-order valence-electron chi connectivity index (χ0n) is 32.6.